The zero-order valence-corrected chi connectivity index (χ0v) is 15.1. The van der Waals surface area contributed by atoms with Crippen LogP contribution in [-0.2, 0) is 4.79 Å². The van der Waals surface area contributed by atoms with Gasteiger partial charge in [-0.05, 0) is 51.6 Å². The summed E-state index contributed by atoms with van der Waals surface area (Å²) in [5.74, 6) is 0.803. The van der Waals surface area contributed by atoms with Crippen molar-refractivity contribution >= 4 is 11.9 Å². The van der Waals surface area contributed by atoms with Crippen LogP contribution in [0.3, 0.4) is 0 Å². The summed E-state index contributed by atoms with van der Waals surface area (Å²) in [5.41, 5.74) is 0. The highest BCUT2D eigenvalue weighted by Gasteiger charge is 2.22. The van der Waals surface area contributed by atoms with E-state index in [1.165, 1.54) is 25.7 Å². The van der Waals surface area contributed by atoms with Crippen LogP contribution >= 0.6 is 0 Å². The zero-order chi connectivity index (χ0) is 17.2. The molecule has 0 bridgehead atoms. The topological polar surface area (TPSA) is 73.5 Å². The molecule has 1 aliphatic heterocycles. The quantitative estimate of drug-likeness (QED) is 0.620. The van der Waals surface area contributed by atoms with Crippen molar-refractivity contribution in [3.8, 4) is 0 Å². The number of amides is 3. The van der Waals surface area contributed by atoms with Gasteiger partial charge in [-0.15, -0.1) is 0 Å². The Morgan fingerprint density at radius 2 is 1.88 bits per heavy atom. The SMILES string of the molecule is CNCC1CCCN(C(=O)CCCNC(=O)NC2CCCCC2)C1. The minimum atomic E-state index is -0.0820. The summed E-state index contributed by atoms with van der Waals surface area (Å²) in [7, 11) is 1.96. The van der Waals surface area contributed by atoms with Crippen molar-refractivity contribution in [2.75, 3.05) is 33.2 Å². The first-order chi connectivity index (χ1) is 11.7. The summed E-state index contributed by atoms with van der Waals surface area (Å²) in [6.07, 6.45) is 9.43. The van der Waals surface area contributed by atoms with Gasteiger partial charge in [-0.25, -0.2) is 4.79 Å². The Labute approximate surface area is 146 Å². The van der Waals surface area contributed by atoms with Gasteiger partial charge in [0.2, 0.25) is 5.91 Å². The number of urea groups is 1. The average molecular weight is 338 g/mol. The molecular formula is C18H34N4O2. The number of carbonyl (C=O) groups is 2. The van der Waals surface area contributed by atoms with Gasteiger partial charge >= 0.3 is 6.03 Å². The van der Waals surface area contributed by atoms with E-state index < -0.39 is 0 Å². The van der Waals surface area contributed by atoms with E-state index in [2.05, 4.69) is 16.0 Å². The third-order valence-electron chi connectivity index (χ3n) is 5.16. The summed E-state index contributed by atoms with van der Waals surface area (Å²) in [6.45, 7) is 3.30. The Balaban J connectivity index is 1.56. The molecule has 2 aliphatic rings. The molecule has 138 valence electrons. The van der Waals surface area contributed by atoms with Crippen molar-refractivity contribution < 1.29 is 9.59 Å². The van der Waals surface area contributed by atoms with Crippen molar-refractivity contribution in [2.45, 2.75) is 63.8 Å². The highest BCUT2D eigenvalue weighted by molar-refractivity contribution is 5.76. The van der Waals surface area contributed by atoms with Crippen LogP contribution in [0.25, 0.3) is 0 Å². The highest BCUT2D eigenvalue weighted by Crippen LogP contribution is 2.17. The van der Waals surface area contributed by atoms with E-state index in [1.807, 2.05) is 11.9 Å². The van der Waals surface area contributed by atoms with E-state index in [0.29, 0.717) is 31.3 Å². The van der Waals surface area contributed by atoms with Gasteiger partial charge in [-0.3, -0.25) is 4.79 Å². The molecule has 6 nitrogen and oxygen atoms in total. The molecule has 2 fully saturated rings. The molecule has 1 aliphatic carbocycles. The van der Waals surface area contributed by atoms with E-state index in [0.717, 1.165) is 38.9 Å². The van der Waals surface area contributed by atoms with Crippen molar-refractivity contribution in [1.82, 2.24) is 20.9 Å². The second-order valence-corrected chi connectivity index (χ2v) is 7.24. The molecule has 1 saturated heterocycles. The van der Waals surface area contributed by atoms with Crippen molar-refractivity contribution in [3.63, 3.8) is 0 Å². The van der Waals surface area contributed by atoms with Crippen LogP contribution in [0.1, 0.15) is 57.8 Å². The monoisotopic (exact) mass is 338 g/mol. The minimum Gasteiger partial charge on any atom is -0.342 e. The zero-order valence-electron chi connectivity index (χ0n) is 15.1. The number of nitrogens with one attached hydrogen (secondary N) is 3. The number of hydrogen-bond acceptors (Lipinski definition) is 3. The lowest BCUT2D eigenvalue weighted by molar-refractivity contribution is -0.133. The van der Waals surface area contributed by atoms with E-state index >= 15 is 0 Å². The second-order valence-electron chi connectivity index (χ2n) is 7.24. The van der Waals surface area contributed by atoms with Crippen molar-refractivity contribution in [3.05, 3.63) is 0 Å². The Bertz CT molecular complexity index is 394. The molecule has 0 spiro atoms. The summed E-state index contributed by atoms with van der Waals surface area (Å²) >= 11 is 0. The number of carbonyl (C=O) groups excluding carboxylic acids is 2. The van der Waals surface area contributed by atoms with Gasteiger partial charge in [0.1, 0.15) is 0 Å². The molecule has 1 unspecified atom stereocenters. The van der Waals surface area contributed by atoms with Crippen LogP contribution in [0.2, 0.25) is 0 Å². The Morgan fingerprint density at radius 1 is 1.08 bits per heavy atom. The van der Waals surface area contributed by atoms with Crippen LogP contribution < -0.4 is 16.0 Å². The number of hydrogen-bond donors (Lipinski definition) is 3. The molecule has 0 aromatic carbocycles. The Hall–Kier alpha value is -1.30. The van der Waals surface area contributed by atoms with Crippen LogP contribution in [0, 0.1) is 5.92 Å². The summed E-state index contributed by atoms with van der Waals surface area (Å²) in [4.78, 5) is 26.1. The van der Waals surface area contributed by atoms with E-state index in [-0.39, 0.29) is 11.9 Å². The van der Waals surface area contributed by atoms with E-state index in [1.54, 1.807) is 0 Å². The summed E-state index contributed by atoms with van der Waals surface area (Å²) in [5, 5.41) is 9.13. The Morgan fingerprint density at radius 3 is 2.62 bits per heavy atom. The first-order valence-electron chi connectivity index (χ1n) is 9.65. The molecule has 3 amide bonds. The highest BCUT2D eigenvalue weighted by atomic mass is 16.2. The smallest absolute Gasteiger partial charge is 0.315 e. The van der Waals surface area contributed by atoms with Gasteiger partial charge in [0, 0.05) is 32.1 Å². The fraction of sp³-hybridized carbons (Fsp3) is 0.889. The maximum atomic E-state index is 12.3. The lowest BCUT2D eigenvalue weighted by Gasteiger charge is -2.32. The molecule has 6 heteroatoms. The molecule has 0 aromatic rings. The second kappa shape index (κ2) is 10.5. The van der Waals surface area contributed by atoms with Gasteiger partial charge < -0.3 is 20.9 Å². The molecule has 1 saturated carbocycles. The number of likely N-dealkylation sites (tertiary alicyclic amines) is 1. The third-order valence-corrected chi connectivity index (χ3v) is 5.16. The van der Waals surface area contributed by atoms with Gasteiger partial charge in [0.15, 0.2) is 0 Å². The predicted molar refractivity (Wildman–Crippen MR) is 95.9 cm³/mol. The molecule has 0 radical (unpaired) electrons. The van der Waals surface area contributed by atoms with Gasteiger partial charge in [-0.1, -0.05) is 19.3 Å². The molecule has 2 rings (SSSR count). The minimum absolute atomic E-state index is 0.0820. The van der Waals surface area contributed by atoms with Crippen LogP contribution in [0.4, 0.5) is 4.79 Å². The molecule has 1 heterocycles. The molecule has 1 atom stereocenters. The van der Waals surface area contributed by atoms with Gasteiger partial charge in [0.05, 0.1) is 0 Å². The van der Waals surface area contributed by atoms with Crippen LogP contribution in [0.5, 0.6) is 0 Å². The molecular weight excluding hydrogens is 304 g/mol. The van der Waals surface area contributed by atoms with Crippen LogP contribution in [0.15, 0.2) is 0 Å². The first-order valence-corrected chi connectivity index (χ1v) is 9.65. The summed E-state index contributed by atoms with van der Waals surface area (Å²) < 4.78 is 0. The van der Waals surface area contributed by atoms with Crippen molar-refractivity contribution in [2.24, 2.45) is 5.92 Å². The largest absolute Gasteiger partial charge is 0.342 e. The lowest BCUT2D eigenvalue weighted by atomic mass is 9.96. The number of piperidine rings is 1. The normalized spacial score (nSPS) is 22.2. The fourth-order valence-corrected chi connectivity index (χ4v) is 3.83. The third kappa shape index (κ3) is 6.67. The van der Waals surface area contributed by atoms with Crippen LogP contribution in [-0.4, -0.2) is 56.1 Å². The van der Waals surface area contributed by atoms with E-state index in [4.69, 9.17) is 0 Å². The predicted octanol–water partition coefficient (Wildman–Crippen LogP) is 1.86. The fourth-order valence-electron chi connectivity index (χ4n) is 3.83. The molecule has 3 N–H and O–H groups in total. The van der Waals surface area contributed by atoms with E-state index in [9.17, 15) is 9.59 Å². The maximum absolute atomic E-state index is 12.3. The first kappa shape index (κ1) is 19.0. The average Bonchev–Trinajstić information content (AvgIpc) is 2.60. The molecule has 0 aromatic heterocycles. The standard InChI is InChI=1S/C18H34N4O2/c1-19-13-15-7-6-12-22(14-15)17(23)10-5-11-20-18(24)21-16-8-3-2-4-9-16/h15-16,19H,2-14H2,1H3,(H2,20,21,24). The number of rotatable bonds is 7. The van der Waals surface area contributed by atoms with Crippen molar-refractivity contribution in [1.29, 1.82) is 0 Å². The molecule has 24 heavy (non-hydrogen) atoms. The maximum Gasteiger partial charge on any atom is 0.315 e. The lowest BCUT2D eigenvalue weighted by Crippen LogP contribution is -2.44. The number of nitrogens with zero attached hydrogens (tertiary/aromatic N) is 1. The Kier molecular flexibility index (Phi) is 8.36. The van der Waals surface area contributed by atoms with Gasteiger partial charge in [0.25, 0.3) is 0 Å². The van der Waals surface area contributed by atoms with Gasteiger partial charge in [-0.2, -0.15) is 0 Å². The summed E-state index contributed by atoms with van der Waals surface area (Å²) in [6, 6.07) is 0.249.